The standard InChI is InChI=1S/C10H18NO2P/c1-2-6-9(12)11-8-5-3-4-7-10(13)14/h2,6H,3-5,7-8,14H2,1H3,(H,11,12)/b6-2-. The molecule has 0 spiro atoms. The highest BCUT2D eigenvalue weighted by Gasteiger charge is 1.95. The Bertz CT molecular complexity index is 214. The van der Waals surface area contributed by atoms with E-state index < -0.39 is 0 Å². The topological polar surface area (TPSA) is 46.2 Å². The first-order chi connectivity index (χ1) is 6.66. The van der Waals surface area contributed by atoms with Crippen LogP contribution in [-0.4, -0.2) is 18.0 Å². The number of nitrogens with one attached hydrogen (secondary N) is 1. The molecule has 0 heterocycles. The van der Waals surface area contributed by atoms with Crippen molar-refractivity contribution in [2.75, 3.05) is 6.54 Å². The highest BCUT2D eigenvalue weighted by atomic mass is 31.0. The van der Waals surface area contributed by atoms with Gasteiger partial charge in [0.15, 0.2) is 0 Å². The smallest absolute Gasteiger partial charge is 0.243 e. The summed E-state index contributed by atoms with van der Waals surface area (Å²) in [6.45, 7) is 2.50. The molecule has 0 aromatic rings. The maximum absolute atomic E-state index is 10.9. The molecule has 14 heavy (non-hydrogen) atoms. The monoisotopic (exact) mass is 215 g/mol. The van der Waals surface area contributed by atoms with Crippen LogP contribution in [0.4, 0.5) is 0 Å². The Hall–Kier alpha value is -0.690. The number of hydrogen-bond acceptors (Lipinski definition) is 2. The largest absolute Gasteiger partial charge is 0.353 e. The van der Waals surface area contributed by atoms with Gasteiger partial charge in [-0.3, -0.25) is 9.59 Å². The predicted octanol–water partition coefficient (Wildman–Crippen LogP) is 1.64. The SMILES string of the molecule is C/C=C\C(=O)NCCCCCC(=O)P. The summed E-state index contributed by atoms with van der Waals surface area (Å²) >= 11 is 0. The average Bonchev–Trinajstić information content (AvgIpc) is 2.11. The van der Waals surface area contributed by atoms with Crippen molar-refractivity contribution in [1.29, 1.82) is 0 Å². The van der Waals surface area contributed by atoms with Gasteiger partial charge in [-0.05, 0) is 25.8 Å². The molecule has 0 saturated heterocycles. The molecule has 1 N–H and O–H groups in total. The van der Waals surface area contributed by atoms with Crippen LogP contribution >= 0.6 is 9.24 Å². The Morgan fingerprint density at radius 1 is 1.29 bits per heavy atom. The fourth-order valence-corrected chi connectivity index (χ4v) is 1.23. The van der Waals surface area contributed by atoms with E-state index in [0.29, 0.717) is 13.0 Å². The Balaban J connectivity index is 3.21. The summed E-state index contributed by atoms with van der Waals surface area (Å²) in [5.41, 5.74) is 0.156. The third-order valence-corrected chi connectivity index (χ3v) is 2.01. The predicted molar refractivity (Wildman–Crippen MR) is 61.0 cm³/mol. The average molecular weight is 215 g/mol. The minimum atomic E-state index is -0.0466. The van der Waals surface area contributed by atoms with Gasteiger partial charge in [0.1, 0.15) is 5.52 Å². The van der Waals surface area contributed by atoms with E-state index in [-0.39, 0.29) is 11.4 Å². The minimum absolute atomic E-state index is 0.0466. The van der Waals surface area contributed by atoms with Crippen LogP contribution in [0.25, 0.3) is 0 Å². The van der Waals surface area contributed by atoms with Crippen LogP contribution in [-0.2, 0) is 9.59 Å². The molecule has 0 aliphatic rings. The second kappa shape index (κ2) is 8.89. The van der Waals surface area contributed by atoms with E-state index in [2.05, 4.69) is 14.6 Å². The van der Waals surface area contributed by atoms with Crippen LogP contribution in [0.5, 0.6) is 0 Å². The number of allylic oxidation sites excluding steroid dienone is 1. The molecule has 1 amide bonds. The second-order valence-electron chi connectivity index (χ2n) is 3.07. The number of carbonyl (C=O) groups is 2. The zero-order valence-corrected chi connectivity index (χ0v) is 9.74. The zero-order valence-electron chi connectivity index (χ0n) is 8.58. The minimum Gasteiger partial charge on any atom is -0.353 e. The van der Waals surface area contributed by atoms with Crippen molar-refractivity contribution in [3.05, 3.63) is 12.2 Å². The molecule has 1 unspecified atom stereocenters. The van der Waals surface area contributed by atoms with Gasteiger partial charge in [0.25, 0.3) is 0 Å². The summed E-state index contributed by atoms with van der Waals surface area (Å²) in [5.74, 6) is -0.0466. The van der Waals surface area contributed by atoms with Gasteiger partial charge in [0.2, 0.25) is 5.91 Å². The maximum atomic E-state index is 10.9. The first kappa shape index (κ1) is 13.3. The van der Waals surface area contributed by atoms with Crippen LogP contribution in [0.2, 0.25) is 0 Å². The summed E-state index contributed by atoms with van der Waals surface area (Å²) in [4.78, 5) is 21.5. The van der Waals surface area contributed by atoms with Crippen molar-refractivity contribution in [3.63, 3.8) is 0 Å². The lowest BCUT2D eigenvalue weighted by atomic mass is 10.2. The van der Waals surface area contributed by atoms with E-state index in [0.717, 1.165) is 19.3 Å². The Labute approximate surface area is 87.5 Å². The van der Waals surface area contributed by atoms with Crippen LogP contribution in [0.1, 0.15) is 32.6 Å². The van der Waals surface area contributed by atoms with Crippen LogP contribution in [0, 0.1) is 0 Å². The summed E-state index contributed by atoms with van der Waals surface area (Å²) in [5, 5.41) is 2.76. The Kier molecular flexibility index (Phi) is 8.45. The van der Waals surface area contributed by atoms with Crippen LogP contribution in [0.3, 0.4) is 0 Å². The number of unbranched alkanes of at least 4 members (excludes halogenated alkanes) is 2. The van der Waals surface area contributed by atoms with Gasteiger partial charge in [-0.25, -0.2) is 0 Å². The molecule has 0 aromatic heterocycles. The van der Waals surface area contributed by atoms with E-state index in [1.165, 1.54) is 6.08 Å². The molecular formula is C10H18NO2P. The van der Waals surface area contributed by atoms with Gasteiger partial charge in [-0.15, -0.1) is 0 Å². The normalized spacial score (nSPS) is 10.4. The third kappa shape index (κ3) is 9.40. The summed E-state index contributed by atoms with van der Waals surface area (Å²) < 4.78 is 0. The van der Waals surface area contributed by atoms with Crippen molar-refractivity contribution in [3.8, 4) is 0 Å². The lowest BCUT2D eigenvalue weighted by Crippen LogP contribution is -2.21. The molecule has 0 saturated carbocycles. The number of hydrogen-bond donors (Lipinski definition) is 1. The molecule has 0 fully saturated rings. The lowest BCUT2D eigenvalue weighted by Gasteiger charge is -2.01. The quantitative estimate of drug-likeness (QED) is 0.398. The summed E-state index contributed by atoms with van der Waals surface area (Å²) in [7, 11) is 2.17. The van der Waals surface area contributed by atoms with Crippen molar-refractivity contribution in [2.24, 2.45) is 0 Å². The Morgan fingerprint density at radius 3 is 2.57 bits per heavy atom. The fraction of sp³-hybridized carbons (Fsp3) is 0.600. The van der Waals surface area contributed by atoms with Crippen molar-refractivity contribution >= 4 is 20.7 Å². The van der Waals surface area contributed by atoms with E-state index in [4.69, 9.17) is 0 Å². The van der Waals surface area contributed by atoms with Crippen LogP contribution < -0.4 is 5.32 Å². The maximum Gasteiger partial charge on any atom is 0.243 e. The second-order valence-corrected chi connectivity index (χ2v) is 3.71. The molecule has 1 atom stereocenters. The molecule has 0 bridgehead atoms. The highest BCUT2D eigenvalue weighted by molar-refractivity contribution is 7.40. The highest BCUT2D eigenvalue weighted by Crippen LogP contribution is 2.02. The van der Waals surface area contributed by atoms with E-state index in [1.807, 2.05) is 6.92 Å². The number of rotatable bonds is 7. The molecule has 0 rings (SSSR count). The lowest BCUT2D eigenvalue weighted by molar-refractivity contribution is -0.116. The molecule has 80 valence electrons. The first-order valence-electron chi connectivity index (χ1n) is 4.85. The van der Waals surface area contributed by atoms with Crippen molar-refractivity contribution < 1.29 is 9.59 Å². The molecule has 0 radical (unpaired) electrons. The van der Waals surface area contributed by atoms with Crippen molar-refractivity contribution in [2.45, 2.75) is 32.6 Å². The number of carbonyl (C=O) groups excluding carboxylic acids is 2. The van der Waals surface area contributed by atoms with E-state index in [9.17, 15) is 9.59 Å². The van der Waals surface area contributed by atoms with E-state index >= 15 is 0 Å². The van der Waals surface area contributed by atoms with Gasteiger partial charge >= 0.3 is 0 Å². The summed E-state index contributed by atoms with van der Waals surface area (Å²) in [6.07, 6.45) is 6.65. The van der Waals surface area contributed by atoms with Gasteiger partial charge < -0.3 is 5.32 Å². The molecule has 0 aliphatic heterocycles. The van der Waals surface area contributed by atoms with Gasteiger partial charge in [0, 0.05) is 13.0 Å². The molecular weight excluding hydrogens is 197 g/mol. The molecule has 4 heteroatoms. The molecule has 3 nitrogen and oxygen atoms in total. The van der Waals surface area contributed by atoms with Gasteiger partial charge in [-0.1, -0.05) is 21.7 Å². The van der Waals surface area contributed by atoms with Gasteiger partial charge in [0.05, 0.1) is 0 Å². The molecule has 0 aliphatic carbocycles. The Morgan fingerprint density at radius 2 is 2.00 bits per heavy atom. The van der Waals surface area contributed by atoms with Gasteiger partial charge in [-0.2, -0.15) is 0 Å². The first-order valence-corrected chi connectivity index (χ1v) is 5.43. The van der Waals surface area contributed by atoms with E-state index in [1.54, 1.807) is 6.08 Å². The molecule has 0 aromatic carbocycles. The third-order valence-electron chi connectivity index (χ3n) is 1.72. The zero-order chi connectivity index (χ0) is 10.8. The fourth-order valence-electron chi connectivity index (χ4n) is 1.02. The number of amides is 1. The summed E-state index contributed by atoms with van der Waals surface area (Å²) in [6, 6.07) is 0. The van der Waals surface area contributed by atoms with Crippen molar-refractivity contribution in [1.82, 2.24) is 5.32 Å². The van der Waals surface area contributed by atoms with Crippen LogP contribution in [0.15, 0.2) is 12.2 Å².